The number of nitrogens with zero attached hydrogens (tertiary/aromatic N) is 1. The summed E-state index contributed by atoms with van der Waals surface area (Å²) >= 11 is 0. The molecule has 0 amide bonds. The molecule has 0 radical (unpaired) electrons. The molecule has 0 aliphatic carbocycles. The molecule has 0 unspecified atom stereocenters. The Morgan fingerprint density at radius 2 is 0.946 bits per heavy atom. The van der Waals surface area contributed by atoms with Gasteiger partial charge < -0.3 is 4.74 Å². The van der Waals surface area contributed by atoms with Crippen molar-refractivity contribution in [3.05, 3.63) is 42.5 Å². The highest BCUT2D eigenvalue weighted by atomic mass is 16.5. The van der Waals surface area contributed by atoms with Gasteiger partial charge in [-0.2, -0.15) is 0 Å². The average Bonchev–Trinajstić information content (AvgIpc) is 2.94. The molecule has 1 aromatic rings. The first-order valence-corrected chi connectivity index (χ1v) is 16.3. The maximum absolute atomic E-state index is 5.71. The monoisotopic (exact) mass is 516 g/mol. The van der Waals surface area contributed by atoms with Crippen LogP contribution in [0.25, 0.3) is 6.08 Å². The molecule has 0 N–H and O–H groups in total. The summed E-state index contributed by atoms with van der Waals surface area (Å²) in [6, 6.07) is 10.0. The Bertz CT molecular complexity index is 519. The molecule has 0 aliphatic heterocycles. The van der Waals surface area contributed by atoms with Gasteiger partial charge >= 0.3 is 0 Å². The van der Waals surface area contributed by atoms with Gasteiger partial charge in [-0.1, -0.05) is 172 Å². The topological polar surface area (TPSA) is 12.5 Å². The van der Waals surface area contributed by atoms with Crippen molar-refractivity contribution in [1.82, 2.24) is 4.90 Å². The standard InChI is InChI=1S/C27H57NO.C8H8/c1-4-7-9-11-13-15-17-19-21-23-25-28(27-29-6-3)26-24-22-20-18-16-14-12-10-8-5-2;1-2-8-6-4-3-5-7-8/h4-27H2,1-3H3;2-7H,1H2. The van der Waals surface area contributed by atoms with Crippen molar-refractivity contribution < 1.29 is 4.74 Å². The Morgan fingerprint density at radius 1 is 0.568 bits per heavy atom. The van der Waals surface area contributed by atoms with Crippen LogP contribution in [0.5, 0.6) is 0 Å². The summed E-state index contributed by atoms with van der Waals surface area (Å²) in [6.45, 7) is 14.5. The molecule has 0 aromatic heterocycles. The fraction of sp³-hybridized carbons (Fsp3) is 0.771. The first-order valence-electron chi connectivity index (χ1n) is 16.3. The summed E-state index contributed by atoms with van der Waals surface area (Å²) in [4.78, 5) is 2.55. The van der Waals surface area contributed by atoms with Gasteiger partial charge in [0.1, 0.15) is 0 Å². The Labute approximate surface area is 233 Å². The van der Waals surface area contributed by atoms with Gasteiger partial charge in [0.25, 0.3) is 0 Å². The number of hydrogen-bond donors (Lipinski definition) is 0. The van der Waals surface area contributed by atoms with Gasteiger partial charge in [-0.05, 0) is 25.3 Å². The molecule has 0 atom stereocenters. The third kappa shape index (κ3) is 27.7. The van der Waals surface area contributed by atoms with Crippen LogP contribution in [0.1, 0.15) is 155 Å². The van der Waals surface area contributed by atoms with Crippen LogP contribution in [0, 0.1) is 0 Å². The number of rotatable bonds is 26. The van der Waals surface area contributed by atoms with Gasteiger partial charge in [-0.3, -0.25) is 4.90 Å². The Morgan fingerprint density at radius 3 is 1.27 bits per heavy atom. The minimum atomic E-state index is 0.839. The summed E-state index contributed by atoms with van der Waals surface area (Å²) in [7, 11) is 0. The summed E-state index contributed by atoms with van der Waals surface area (Å²) in [6.07, 6.45) is 30.2. The van der Waals surface area contributed by atoms with Crippen LogP contribution in [0.4, 0.5) is 0 Å². The van der Waals surface area contributed by atoms with E-state index in [1.165, 1.54) is 147 Å². The number of benzene rings is 1. The predicted octanol–water partition coefficient (Wildman–Crippen LogP) is 11.5. The molecule has 0 aliphatic rings. The second kappa shape index (κ2) is 31.1. The van der Waals surface area contributed by atoms with Crippen molar-refractivity contribution in [1.29, 1.82) is 0 Å². The lowest BCUT2D eigenvalue weighted by Crippen LogP contribution is -2.28. The van der Waals surface area contributed by atoms with Gasteiger partial charge in [0.05, 0.1) is 6.73 Å². The second-order valence-electron chi connectivity index (χ2n) is 10.7. The van der Waals surface area contributed by atoms with Gasteiger partial charge in [0.15, 0.2) is 0 Å². The van der Waals surface area contributed by atoms with Gasteiger partial charge in [0, 0.05) is 19.7 Å². The van der Waals surface area contributed by atoms with E-state index in [1.54, 1.807) is 0 Å². The Kier molecular flexibility index (Phi) is 30.2. The largest absolute Gasteiger partial charge is 0.366 e. The van der Waals surface area contributed by atoms with Crippen molar-refractivity contribution in [2.45, 2.75) is 149 Å². The number of hydrogen-bond acceptors (Lipinski definition) is 2. The minimum Gasteiger partial charge on any atom is -0.366 e. The summed E-state index contributed by atoms with van der Waals surface area (Å²) in [5.74, 6) is 0. The van der Waals surface area contributed by atoms with Crippen LogP contribution in [0.15, 0.2) is 36.9 Å². The zero-order valence-corrected chi connectivity index (χ0v) is 25.5. The summed E-state index contributed by atoms with van der Waals surface area (Å²) in [5.41, 5.74) is 1.17. The van der Waals surface area contributed by atoms with Crippen molar-refractivity contribution in [3.63, 3.8) is 0 Å². The lowest BCUT2D eigenvalue weighted by atomic mass is 10.1. The highest BCUT2D eigenvalue weighted by Crippen LogP contribution is 2.13. The van der Waals surface area contributed by atoms with Gasteiger partial charge in [0.2, 0.25) is 0 Å². The van der Waals surface area contributed by atoms with E-state index in [-0.39, 0.29) is 0 Å². The zero-order valence-electron chi connectivity index (χ0n) is 25.5. The predicted molar refractivity (Wildman–Crippen MR) is 168 cm³/mol. The van der Waals surface area contributed by atoms with Crippen molar-refractivity contribution in [3.8, 4) is 0 Å². The quantitative estimate of drug-likeness (QED) is 0.0898. The van der Waals surface area contributed by atoms with Crippen LogP contribution in [-0.4, -0.2) is 31.3 Å². The third-order valence-electron chi connectivity index (χ3n) is 7.17. The van der Waals surface area contributed by atoms with E-state index in [1.807, 2.05) is 36.4 Å². The fourth-order valence-corrected chi connectivity index (χ4v) is 4.70. The van der Waals surface area contributed by atoms with E-state index in [0.717, 1.165) is 13.3 Å². The van der Waals surface area contributed by atoms with Crippen LogP contribution in [0.2, 0.25) is 0 Å². The van der Waals surface area contributed by atoms with E-state index < -0.39 is 0 Å². The fourth-order valence-electron chi connectivity index (χ4n) is 4.70. The lowest BCUT2D eigenvalue weighted by Gasteiger charge is -2.22. The van der Waals surface area contributed by atoms with Crippen molar-refractivity contribution in [2.24, 2.45) is 0 Å². The van der Waals surface area contributed by atoms with Crippen LogP contribution >= 0.6 is 0 Å². The summed E-state index contributed by atoms with van der Waals surface area (Å²) < 4.78 is 5.71. The van der Waals surface area contributed by atoms with E-state index >= 15 is 0 Å². The summed E-state index contributed by atoms with van der Waals surface area (Å²) in [5, 5.41) is 0. The van der Waals surface area contributed by atoms with E-state index in [2.05, 4.69) is 32.3 Å². The smallest absolute Gasteiger partial charge is 0.0990 e. The lowest BCUT2D eigenvalue weighted by molar-refractivity contribution is 0.0334. The molecule has 0 fully saturated rings. The average molecular weight is 516 g/mol. The molecule has 0 bridgehead atoms. The second-order valence-corrected chi connectivity index (χ2v) is 10.7. The van der Waals surface area contributed by atoms with Crippen LogP contribution < -0.4 is 0 Å². The Hall–Kier alpha value is -1.12. The highest BCUT2D eigenvalue weighted by molar-refractivity contribution is 5.45. The van der Waals surface area contributed by atoms with Crippen molar-refractivity contribution >= 4 is 6.08 Å². The molecule has 0 heterocycles. The molecule has 1 aromatic carbocycles. The molecular weight excluding hydrogens is 450 g/mol. The maximum Gasteiger partial charge on any atom is 0.0990 e. The van der Waals surface area contributed by atoms with E-state index in [0.29, 0.717) is 0 Å². The maximum atomic E-state index is 5.71. The van der Waals surface area contributed by atoms with E-state index in [4.69, 9.17) is 4.74 Å². The molecular formula is C35H65NO. The van der Waals surface area contributed by atoms with Crippen LogP contribution in [0.3, 0.4) is 0 Å². The number of ether oxygens (including phenoxy) is 1. The van der Waals surface area contributed by atoms with Gasteiger partial charge in [-0.25, -0.2) is 0 Å². The molecule has 216 valence electrons. The molecule has 0 spiro atoms. The first-order chi connectivity index (χ1) is 18.3. The highest BCUT2D eigenvalue weighted by Gasteiger charge is 2.04. The molecule has 0 saturated carbocycles. The molecule has 1 rings (SSSR count). The normalized spacial score (nSPS) is 10.9. The Balaban J connectivity index is 0.00000136. The molecule has 37 heavy (non-hydrogen) atoms. The molecule has 2 heteroatoms. The first kappa shape index (κ1) is 35.9. The minimum absolute atomic E-state index is 0.839. The molecule has 0 saturated heterocycles. The molecule has 2 nitrogen and oxygen atoms in total. The van der Waals surface area contributed by atoms with Crippen LogP contribution in [-0.2, 0) is 4.74 Å². The SMILES string of the molecule is C=Cc1ccccc1.CCCCCCCCCCCCN(CCCCCCCCCCCC)COCC. The van der Waals surface area contributed by atoms with Crippen molar-refractivity contribution in [2.75, 3.05) is 26.4 Å². The third-order valence-corrected chi connectivity index (χ3v) is 7.17. The van der Waals surface area contributed by atoms with Gasteiger partial charge in [-0.15, -0.1) is 0 Å². The zero-order chi connectivity index (χ0) is 27.1. The number of unbranched alkanes of at least 4 members (excludes halogenated alkanes) is 18. The van der Waals surface area contributed by atoms with E-state index in [9.17, 15) is 0 Å².